The Labute approximate surface area is 140 Å². The number of carboxylic acid groups (broad SMARTS) is 1. The maximum Gasteiger partial charge on any atom is 0.335 e. The zero-order valence-electron chi connectivity index (χ0n) is 14.0. The molecular weight excluding hydrogens is 308 g/mol. The first kappa shape index (κ1) is 17.5. The van der Waals surface area contributed by atoms with Gasteiger partial charge in [-0.15, -0.1) is 0 Å². The molecule has 0 saturated carbocycles. The van der Waals surface area contributed by atoms with E-state index in [1.54, 1.807) is 18.3 Å². The van der Waals surface area contributed by atoms with Gasteiger partial charge in [0, 0.05) is 12.6 Å². The number of carbonyl (C=O) groups is 2. The molecule has 1 unspecified atom stereocenters. The molecule has 0 aliphatic heterocycles. The van der Waals surface area contributed by atoms with Crippen molar-refractivity contribution in [3.63, 3.8) is 0 Å². The summed E-state index contributed by atoms with van der Waals surface area (Å²) in [6, 6.07) is 6.32. The van der Waals surface area contributed by atoms with E-state index in [0.29, 0.717) is 12.2 Å². The van der Waals surface area contributed by atoms with Crippen molar-refractivity contribution in [3.05, 3.63) is 47.3 Å². The van der Waals surface area contributed by atoms with Gasteiger partial charge in [-0.05, 0) is 38.0 Å². The molecule has 128 valence electrons. The third kappa shape index (κ3) is 4.13. The number of carbonyl (C=O) groups excluding carboxylic acids is 1. The van der Waals surface area contributed by atoms with E-state index in [1.165, 1.54) is 12.1 Å². The number of hydrogen-bond donors (Lipinski definition) is 3. The van der Waals surface area contributed by atoms with Crippen LogP contribution < -0.4 is 10.6 Å². The van der Waals surface area contributed by atoms with Crippen LogP contribution >= 0.6 is 0 Å². The average Bonchev–Trinajstić information content (AvgIpc) is 2.93. The number of amides is 2. The van der Waals surface area contributed by atoms with Gasteiger partial charge in [-0.25, -0.2) is 9.59 Å². The van der Waals surface area contributed by atoms with E-state index in [-0.39, 0.29) is 17.6 Å². The topological polar surface area (TPSA) is 96.3 Å². The number of rotatable bonds is 6. The molecule has 0 spiro atoms. The molecule has 2 amide bonds. The lowest BCUT2D eigenvalue weighted by Gasteiger charge is -2.12. The van der Waals surface area contributed by atoms with Gasteiger partial charge >= 0.3 is 12.0 Å². The van der Waals surface area contributed by atoms with Gasteiger partial charge in [-0.3, -0.25) is 4.68 Å². The lowest BCUT2D eigenvalue weighted by atomic mass is 10.1. The summed E-state index contributed by atoms with van der Waals surface area (Å²) in [5.41, 5.74) is 2.62. The maximum absolute atomic E-state index is 12.0. The molecule has 24 heavy (non-hydrogen) atoms. The minimum absolute atomic E-state index is 0.219. The summed E-state index contributed by atoms with van der Waals surface area (Å²) in [4.78, 5) is 22.8. The fourth-order valence-electron chi connectivity index (χ4n) is 2.28. The van der Waals surface area contributed by atoms with Gasteiger partial charge in [-0.2, -0.15) is 5.10 Å². The number of benzene rings is 1. The van der Waals surface area contributed by atoms with Crippen LogP contribution in [0.2, 0.25) is 0 Å². The lowest BCUT2D eigenvalue weighted by Crippen LogP contribution is -2.28. The van der Waals surface area contributed by atoms with E-state index in [9.17, 15) is 9.59 Å². The second-order valence-electron chi connectivity index (χ2n) is 5.66. The Morgan fingerprint density at radius 1 is 1.29 bits per heavy atom. The van der Waals surface area contributed by atoms with Crippen LogP contribution in [0, 0.1) is 6.92 Å². The van der Waals surface area contributed by atoms with Crippen LogP contribution in [0.4, 0.5) is 10.5 Å². The van der Waals surface area contributed by atoms with E-state index in [0.717, 1.165) is 17.7 Å². The fourth-order valence-corrected chi connectivity index (χ4v) is 2.28. The van der Waals surface area contributed by atoms with Gasteiger partial charge in [0.2, 0.25) is 0 Å². The van der Waals surface area contributed by atoms with Crippen LogP contribution in [-0.4, -0.2) is 26.9 Å². The molecule has 1 atom stereocenters. The minimum atomic E-state index is -0.971. The summed E-state index contributed by atoms with van der Waals surface area (Å²) in [5, 5.41) is 18.7. The molecule has 2 rings (SSSR count). The third-order valence-corrected chi connectivity index (χ3v) is 3.96. The van der Waals surface area contributed by atoms with Crippen molar-refractivity contribution in [2.45, 2.75) is 39.8 Å². The molecule has 1 aromatic carbocycles. The van der Waals surface area contributed by atoms with Gasteiger partial charge in [0.05, 0.1) is 23.1 Å². The standard InChI is InChI=1S/C17H22N4O3/c1-4-11(2)21-12(3)15(10-19-21)20-17(24)18-9-13-5-7-14(8-6-13)16(22)23/h5-8,10-11H,4,9H2,1-3H3,(H,22,23)(H2,18,20,24). The zero-order chi connectivity index (χ0) is 17.7. The molecule has 0 aliphatic carbocycles. The maximum atomic E-state index is 12.0. The van der Waals surface area contributed by atoms with Crippen LogP contribution in [0.25, 0.3) is 0 Å². The smallest absolute Gasteiger partial charge is 0.335 e. The molecule has 0 bridgehead atoms. The predicted molar refractivity (Wildman–Crippen MR) is 91.2 cm³/mol. The van der Waals surface area contributed by atoms with E-state index >= 15 is 0 Å². The van der Waals surface area contributed by atoms with Crippen molar-refractivity contribution in [1.82, 2.24) is 15.1 Å². The Kier molecular flexibility index (Phi) is 5.57. The first-order valence-corrected chi connectivity index (χ1v) is 7.83. The third-order valence-electron chi connectivity index (χ3n) is 3.96. The Morgan fingerprint density at radius 3 is 2.54 bits per heavy atom. The summed E-state index contributed by atoms with van der Waals surface area (Å²) < 4.78 is 1.89. The Bertz CT molecular complexity index is 722. The van der Waals surface area contributed by atoms with Crippen molar-refractivity contribution in [3.8, 4) is 0 Å². The van der Waals surface area contributed by atoms with Crippen molar-refractivity contribution in [1.29, 1.82) is 0 Å². The number of carboxylic acids is 1. The largest absolute Gasteiger partial charge is 0.478 e. The molecule has 1 aromatic heterocycles. The van der Waals surface area contributed by atoms with Crippen LogP contribution in [0.5, 0.6) is 0 Å². The number of anilines is 1. The van der Waals surface area contributed by atoms with Crippen LogP contribution in [-0.2, 0) is 6.54 Å². The number of aromatic nitrogens is 2. The zero-order valence-corrected chi connectivity index (χ0v) is 14.0. The molecule has 7 nitrogen and oxygen atoms in total. The van der Waals surface area contributed by atoms with Crippen molar-refractivity contribution < 1.29 is 14.7 Å². The second kappa shape index (κ2) is 7.63. The lowest BCUT2D eigenvalue weighted by molar-refractivity contribution is 0.0697. The van der Waals surface area contributed by atoms with E-state index in [2.05, 4.69) is 29.6 Å². The van der Waals surface area contributed by atoms with Gasteiger partial charge in [0.1, 0.15) is 0 Å². The van der Waals surface area contributed by atoms with Crippen molar-refractivity contribution in [2.75, 3.05) is 5.32 Å². The van der Waals surface area contributed by atoms with E-state index < -0.39 is 5.97 Å². The monoisotopic (exact) mass is 330 g/mol. The van der Waals surface area contributed by atoms with Gasteiger partial charge in [-0.1, -0.05) is 19.1 Å². The highest BCUT2D eigenvalue weighted by Gasteiger charge is 2.12. The van der Waals surface area contributed by atoms with Crippen LogP contribution in [0.3, 0.4) is 0 Å². The highest BCUT2D eigenvalue weighted by atomic mass is 16.4. The van der Waals surface area contributed by atoms with Crippen molar-refractivity contribution >= 4 is 17.7 Å². The van der Waals surface area contributed by atoms with Crippen LogP contribution in [0.15, 0.2) is 30.5 Å². The van der Waals surface area contributed by atoms with Crippen molar-refractivity contribution in [2.24, 2.45) is 0 Å². The van der Waals surface area contributed by atoms with E-state index in [4.69, 9.17) is 5.11 Å². The highest BCUT2D eigenvalue weighted by Crippen LogP contribution is 2.19. The summed E-state index contributed by atoms with van der Waals surface area (Å²) in [5.74, 6) is -0.971. The number of nitrogens with one attached hydrogen (secondary N) is 2. The molecule has 0 fully saturated rings. The molecule has 3 N–H and O–H groups in total. The molecule has 0 saturated heterocycles. The summed E-state index contributed by atoms with van der Waals surface area (Å²) >= 11 is 0. The van der Waals surface area contributed by atoms with Gasteiger partial charge < -0.3 is 15.7 Å². The average molecular weight is 330 g/mol. The molecular formula is C17H22N4O3. The molecule has 7 heteroatoms. The number of hydrogen-bond acceptors (Lipinski definition) is 3. The first-order chi connectivity index (χ1) is 11.4. The van der Waals surface area contributed by atoms with Gasteiger partial charge in [0.25, 0.3) is 0 Å². The van der Waals surface area contributed by atoms with Gasteiger partial charge in [0.15, 0.2) is 0 Å². The minimum Gasteiger partial charge on any atom is -0.478 e. The Hall–Kier alpha value is -2.83. The first-order valence-electron chi connectivity index (χ1n) is 7.83. The molecule has 2 aromatic rings. The normalized spacial score (nSPS) is 11.8. The molecule has 0 radical (unpaired) electrons. The molecule has 0 aliphatic rings. The number of urea groups is 1. The Morgan fingerprint density at radius 2 is 1.96 bits per heavy atom. The van der Waals surface area contributed by atoms with E-state index in [1.807, 2.05) is 11.6 Å². The highest BCUT2D eigenvalue weighted by molar-refractivity contribution is 5.89. The predicted octanol–water partition coefficient (Wildman–Crippen LogP) is 3.18. The second-order valence-corrected chi connectivity index (χ2v) is 5.66. The number of aromatic carboxylic acids is 1. The fraction of sp³-hybridized carbons (Fsp3) is 0.353. The summed E-state index contributed by atoms with van der Waals surface area (Å²) in [6.07, 6.45) is 2.60. The summed E-state index contributed by atoms with van der Waals surface area (Å²) in [6.45, 7) is 6.38. The SMILES string of the molecule is CCC(C)n1ncc(NC(=O)NCc2ccc(C(=O)O)cc2)c1C. The summed E-state index contributed by atoms with van der Waals surface area (Å²) in [7, 11) is 0. The van der Waals surface area contributed by atoms with Crippen LogP contribution in [0.1, 0.15) is 47.9 Å². The Balaban J connectivity index is 1.92. The quantitative estimate of drug-likeness (QED) is 0.758. The number of nitrogens with zero attached hydrogens (tertiary/aromatic N) is 2. The molecule has 1 heterocycles.